The van der Waals surface area contributed by atoms with E-state index in [1.165, 1.54) is 16.9 Å². The molecule has 0 saturated carbocycles. The summed E-state index contributed by atoms with van der Waals surface area (Å²) in [5, 5.41) is 0. The number of hydrogen-bond acceptors (Lipinski definition) is 4. The number of ether oxygens (including phenoxy) is 1. The maximum Gasteiger partial charge on any atom is 0.305 e. The first-order valence-electron chi connectivity index (χ1n) is 7.74. The molecule has 1 N–H and O–H groups in total. The molecule has 1 heterocycles. The average molecular weight is 340 g/mol. The maximum atomic E-state index is 11.9. The molecule has 1 aromatic heterocycles. The molecule has 0 amide bonds. The minimum Gasteiger partial charge on any atom is -0.497 e. The second-order valence-electron chi connectivity index (χ2n) is 5.70. The van der Waals surface area contributed by atoms with Gasteiger partial charge in [-0.2, -0.15) is 0 Å². The van der Waals surface area contributed by atoms with Crippen LogP contribution in [0.5, 0.6) is 5.75 Å². The molecule has 0 atom stereocenters. The fourth-order valence-corrected chi connectivity index (χ4v) is 3.61. The van der Waals surface area contributed by atoms with Gasteiger partial charge in [0, 0.05) is 23.5 Å². The Morgan fingerprint density at radius 3 is 2.62 bits per heavy atom. The van der Waals surface area contributed by atoms with Crippen LogP contribution in [0.3, 0.4) is 0 Å². The molecule has 0 aliphatic carbocycles. The number of rotatable bonds is 6. The van der Waals surface area contributed by atoms with E-state index in [1.807, 2.05) is 42.5 Å². The Hall–Kier alpha value is -2.37. The van der Waals surface area contributed by atoms with Crippen molar-refractivity contribution >= 4 is 11.3 Å². The first kappa shape index (κ1) is 16.5. The number of aromatic amines is 1. The molecule has 0 aliphatic heterocycles. The average Bonchev–Trinajstić information content (AvgIpc) is 2.96. The summed E-state index contributed by atoms with van der Waals surface area (Å²) in [4.78, 5) is 18.1. The third-order valence-electron chi connectivity index (χ3n) is 3.79. The third kappa shape index (κ3) is 3.93. The van der Waals surface area contributed by atoms with Crippen molar-refractivity contribution in [2.24, 2.45) is 0 Å². The van der Waals surface area contributed by atoms with Crippen LogP contribution >= 0.6 is 11.3 Å². The van der Waals surface area contributed by atoms with Gasteiger partial charge in [-0.1, -0.05) is 53.8 Å². The summed E-state index contributed by atoms with van der Waals surface area (Å²) >= 11 is 1.27. The fourth-order valence-electron chi connectivity index (χ4n) is 2.68. The van der Waals surface area contributed by atoms with Gasteiger partial charge in [0.25, 0.3) is 0 Å². The van der Waals surface area contributed by atoms with E-state index in [1.54, 1.807) is 7.11 Å². The molecule has 2 aromatic carbocycles. The zero-order valence-corrected chi connectivity index (χ0v) is 14.6. The lowest BCUT2D eigenvalue weighted by atomic mass is 10.1. The molecule has 0 radical (unpaired) electrons. The summed E-state index contributed by atoms with van der Waals surface area (Å²) in [5.41, 5.74) is 3.10. The van der Waals surface area contributed by atoms with E-state index in [0.29, 0.717) is 6.54 Å². The number of nitrogens with one attached hydrogen (secondary N) is 1. The summed E-state index contributed by atoms with van der Waals surface area (Å²) in [7, 11) is 3.70. The van der Waals surface area contributed by atoms with Crippen LogP contribution in [0.25, 0.3) is 11.3 Å². The van der Waals surface area contributed by atoms with Crippen molar-refractivity contribution in [2.45, 2.75) is 13.1 Å². The molecule has 0 aliphatic rings. The van der Waals surface area contributed by atoms with Gasteiger partial charge in [-0.15, -0.1) is 0 Å². The largest absolute Gasteiger partial charge is 0.497 e. The Kier molecular flexibility index (Phi) is 5.13. The van der Waals surface area contributed by atoms with Gasteiger partial charge >= 0.3 is 4.87 Å². The molecule has 0 saturated heterocycles. The van der Waals surface area contributed by atoms with Crippen molar-refractivity contribution in [3.63, 3.8) is 0 Å². The van der Waals surface area contributed by atoms with Gasteiger partial charge in [-0.05, 0) is 24.7 Å². The Labute approximate surface area is 145 Å². The maximum absolute atomic E-state index is 11.9. The fraction of sp³-hybridized carbons (Fsp3) is 0.211. The van der Waals surface area contributed by atoms with Crippen LogP contribution in [0.15, 0.2) is 59.4 Å². The minimum absolute atomic E-state index is 0.0315. The van der Waals surface area contributed by atoms with Crippen LogP contribution < -0.4 is 9.61 Å². The minimum atomic E-state index is -0.0315. The number of hydrogen-bond donors (Lipinski definition) is 1. The van der Waals surface area contributed by atoms with Crippen LogP contribution in [0.4, 0.5) is 0 Å². The molecule has 4 nitrogen and oxygen atoms in total. The second-order valence-corrected chi connectivity index (χ2v) is 6.77. The number of nitrogens with zero attached hydrogens (tertiary/aromatic N) is 1. The topological polar surface area (TPSA) is 45.3 Å². The first-order valence-corrected chi connectivity index (χ1v) is 8.56. The SMILES string of the molecule is COc1cccc(-c2[nH]c(=O)sc2CN(C)Cc2ccccc2)c1. The summed E-state index contributed by atoms with van der Waals surface area (Å²) in [5.74, 6) is 0.781. The molecule has 3 rings (SSSR count). The quantitative estimate of drug-likeness (QED) is 0.743. The lowest BCUT2D eigenvalue weighted by molar-refractivity contribution is 0.322. The standard InChI is InChI=1S/C19H20N2O2S/c1-21(12-14-7-4-3-5-8-14)13-17-18(20-19(22)24-17)15-9-6-10-16(11-15)23-2/h3-11H,12-13H2,1-2H3,(H,20,22). The van der Waals surface area contributed by atoms with Gasteiger partial charge in [0.2, 0.25) is 0 Å². The monoisotopic (exact) mass is 340 g/mol. The van der Waals surface area contributed by atoms with Gasteiger partial charge in [-0.3, -0.25) is 9.69 Å². The third-order valence-corrected chi connectivity index (χ3v) is 4.66. The molecule has 124 valence electrons. The van der Waals surface area contributed by atoms with Gasteiger partial charge in [0.05, 0.1) is 12.8 Å². The van der Waals surface area contributed by atoms with E-state index < -0.39 is 0 Å². The molecule has 24 heavy (non-hydrogen) atoms. The zero-order valence-electron chi connectivity index (χ0n) is 13.8. The molecular weight excluding hydrogens is 320 g/mol. The summed E-state index contributed by atoms with van der Waals surface area (Å²) in [6, 6.07) is 18.1. The number of H-pyrrole nitrogens is 1. The molecule has 3 aromatic rings. The predicted octanol–water partition coefficient (Wildman–Crippen LogP) is 3.74. The van der Waals surface area contributed by atoms with Crippen molar-refractivity contribution in [1.29, 1.82) is 0 Å². The van der Waals surface area contributed by atoms with Gasteiger partial charge in [0.1, 0.15) is 5.75 Å². The normalized spacial score (nSPS) is 11.0. The van der Waals surface area contributed by atoms with E-state index in [0.717, 1.165) is 28.4 Å². The molecule has 0 fully saturated rings. The first-order chi connectivity index (χ1) is 11.7. The van der Waals surface area contributed by atoms with E-state index in [-0.39, 0.29) is 4.87 Å². The van der Waals surface area contributed by atoms with Crippen molar-refractivity contribution in [1.82, 2.24) is 9.88 Å². The van der Waals surface area contributed by atoms with Gasteiger partial charge in [0.15, 0.2) is 0 Å². The van der Waals surface area contributed by atoms with Crippen molar-refractivity contribution in [3.05, 3.63) is 74.7 Å². The van der Waals surface area contributed by atoms with Crippen LogP contribution in [-0.2, 0) is 13.1 Å². The smallest absolute Gasteiger partial charge is 0.305 e. The Balaban J connectivity index is 1.82. The van der Waals surface area contributed by atoms with Gasteiger partial charge < -0.3 is 9.72 Å². The van der Waals surface area contributed by atoms with E-state index in [2.05, 4.69) is 29.1 Å². The van der Waals surface area contributed by atoms with E-state index in [9.17, 15) is 4.79 Å². The molecule has 0 bridgehead atoms. The highest BCUT2D eigenvalue weighted by molar-refractivity contribution is 7.09. The van der Waals surface area contributed by atoms with Gasteiger partial charge in [-0.25, -0.2) is 0 Å². The summed E-state index contributed by atoms with van der Waals surface area (Å²) in [6.07, 6.45) is 0. The number of aromatic nitrogens is 1. The van der Waals surface area contributed by atoms with Crippen LogP contribution in [0.1, 0.15) is 10.4 Å². The number of benzene rings is 2. The molecule has 0 spiro atoms. The van der Waals surface area contributed by atoms with Crippen LogP contribution in [0, 0.1) is 0 Å². The Bertz CT molecular complexity index is 855. The highest BCUT2D eigenvalue weighted by Gasteiger charge is 2.13. The Morgan fingerprint density at radius 2 is 1.88 bits per heavy atom. The van der Waals surface area contributed by atoms with Crippen LogP contribution in [-0.4, -0.2) is 24.0 Å². The Morgan fingerprint density at radius 1 is 1.08 bits per heavy atom. The van der Waals surface area contributed by atoms with Crippen molar-refractivity contribution < 1.29 is 4.74 Å². The lowest BCUT2D eigenvalue weighted by Crippen LogP contribution is -2.16. The van der Waals surface area contributed by atoms with Crippen molar-refractivity contribution in [3.8, 4) is 17.0 Å². The summed E-state index contributed by atoms with van der Waals surface area (Å²) < 4.78 is 5.28. The molecule has 0 unspecified atom stereocenters. The lowest BCUT2D eigenvalue weighted by Gasteiger charge is -2.16. The van der Waals surface area contributed by atoms with Crippen LogP contribution in [0.2, 0.25) is 0 Å². The second kappa shape index (κ2) is 7.47. The zero-order chi connectivity index (χ0) is 16.9. The predicted molar refractivity (Wildman–Crippen MR) is 98.5 cm³/mol. The van der Waals surface area contributed by atoms with E-state index in [4.69, 9.17) is 4.74 Å². The highest BCUT2D eigenvalue weighted by Crippen LogP contribution is 2.27. The summed E-state index contributed by atoms with van der Waals surface area (Å²) in [6.45, 7) is 1.55. The van der Waals surface area contributed by atoms with E-state index >= 15 is 0 Å². The number of methoxy groups -OCH3 is 1. The molecule has 5 heteroatoms. The highest BCUT2D eigenvalue weighted by atomic mass is 32.1. The van der Waals surface area contributed by atoms with Crippen molar-refractivity contribution in [2.75, 3.05) is 14.2 Å². The number of thiazole rings is 1. The molecular formula is C19H20N2O2S.